The number of likely N-dealkylation sites (N-methyl/N-ethyl adjacent to an activating group) is 1. The average Bonchev–Trinajstić information content (AvgIpc) is 2.94. The second-order valence-electron chi connectivity index (χ2n) is 7.20. The molecule has 1 aromatic rings. The Labute approximate surface area is 147 Å². The molecule has 1 aromatic carbocycles. The number of hydrogen-bond donors (Lipinski definition) is 1. The van der Waals surface area contributed by atoms with Gasteiger partial charge in [-0.25, -0.2) is 4.79 Å². The summed E-state index contributed by atoms with van der Waals surface area (Å²) in [6.07, 6.45) is 1.79. The topological polar surface area (TPSA) is 41.6 Å². The van der Waals surface area contributed by atoms with Gasteiger partial charge in [0.2, 0.25) is 0 Å². The van der Waals surface area contributed by atoms with Gasteiger partial charge in [0, 0.05) is 23.6 Å². The molecule has 128 valence electrons. The Bertz CT molecular complexity index is 525. The van der Waals surface area contributed by atoms with Crippen LogP contribution in [0, 0.1) is 5.92 Å². The zero-order chi connectivity index (χ0) is 17.0. The summed E-state index contributed by atoms with van der Waals surface area (Å²) in [5.41, 5.74) is 0.873. The molecule has 1 N–H and O–H groups in total. The normalized spacial score (nSPS) is 19.7. The van der Waals surface area contributed by atoms with E-state index in [2.05, 4.69) is 45.5 Å². The number of rotatable bonds is 4. The van der Waals surface area contributed by atoms with Gasteiger partial charge in [-0.15, -0.1) is 0 Å². The Kier molecular flexibility index (Phi) is 6.09. The minimum Gasteiger partial charge on any atom is -0.444 e. The molecule has 1 aliphatic heterocycles. The van der Waals surface area contributed by atoms with Crippen LogP contribution in [0.4, 0.5) is 4.79 Å². The largest absolute Gasteiger partial charge is 0.444 e. The van der Waals surface area contributed by atoms with Gasteiger partial charge in [-0.1, -0.05) is 28.1 Å². The summed E-state index contributed by atoms with van der Waals surface area (Å²) in [5.74, 6) is 0.455. The molecule has 1 saturated heterocycles. The van der Waals surface area contributed by atoms with Gasteiger partial charge >= 0.3 is 6.09 Å². The van der Waals surface area contributed by atoms with Crippen LogP contribution in [0.3, 0.4) is 0 Å². The molecule has 1 fully saturated rings. The fourth-order valence-corrected chi connectivity index (χ4v) is 3.25. The number of nitrogens with zero attached hydrogens (tertiary/aromatic N) is 1. The number of nitrogens with one attached hydrogen (secondary N) is 1. The first-order chi connectivity index (χ1) is 10.8. The van der Waals surface area contributed by atoms with Crippen molar-refractivity contribution < 1.29 is 9.53 Å². The maximum absolute atomic E-state index is 12.2. The smallest absolute Gasteiger partial charge is 0.410 e. The Hall–Kier alpha value is -1.07. The molecule has 0 saturated carbocycles. The number of benzene rings is 1. The highest BCUT2D eigenvalue weighted by Crippen LogP contribution is 2.24. The quantitative estimate of drug-likeness (QED) is 0.859. The van der Waals surface area contributed by atoms with E-state index in [1.165, 1.54) is 5.56 Å². The Balaban J connectivity index is 1.93. The predicted molar refractivity (Wildman–Crippen MR) is 96.6 cm³/mol. The predicted octanol–water partition coefficient (Wildman–Crippen LogP) is 3.84. The average molecular weight is 383 g/mol. The monoisotopic (exact) mass is 382 g/mol. The first-order valence-corrected chi connectivity index (χ1v) is 8.97. The molecule has 0 spiro atoms. The second kappa shape index (κ2) is 7.67. The molecule has 2 rings (SSSR count). The van der Waals surface area contributed by atoms with E-state index in [9.17, 15) is 4.79 Å². The second-order valence-corrected chi connectivity index (χ2v) is 8.12. The van der Waals surface area contributed by atoms with Gasteiger partial charge in [0.25, 0.3) is 0 Å². The standard InChI is InChI=1S/C18H27BrN2O2/c1-18(2,3)23-17(22)21-10-9-14(12-21)16(20-4)11-13-5-7-15(19)8-6-13/h5-8,14,16,20H,9-12H2,1-4H3. The van der Waals surface area contributed by atoms with Gasteiger partial charge in [0.15, 0.2) is 0 Å². The Morgan fingerprint density at radius 3 is 2.61 bits per heavy atom. The third-order valence-electron chi connectivity index (χ3n) is 4.19. The molecule has 0 aromatic heterocycles. The van der Waals surface area contributed by atoms with E-state index in [4.69, 9.17) is 4.74 Å². The molecule has 4 nitrogen and oxygen atoms in total. The molecule has 5 heteroatoms. The molecule has 0 aliphatic carbocycles. The van der Waals surface area contributed by atoms with Gasteiger partial charge in [0.05, 0.1) is 0 Å². The minimum atomic E-state index is -0.436. The first-order valence-electron chi connectivity index (χ1n) is 8.18. The zero-order valence-electron chi connectivity index (χ0n) is 14.4. The van der Waals surface area contributed by atoms with E-state index in [1.54, 1.807) is 0 Å². The summed E-state index contributed by atoms with van der Waals surface area (Å²) in [6, 6.07) is 8.81. The summed E-state index contributed by atoms with van der Waals surface area (Å²) < 4.78 is 6.57. The summed E-state index contributed by atoms with van der Waals surface area (Å²) in [5, 5.41) is 3.42. The Morgan fingerprint density at radius 2 is 2.04 bits per heavy atom. The number of carbonyl (C=O) groups is 1. The number of halogens is 1. The van der Waals surface area contributed by atoms with Crippen LogP contribution < -0.4 is 5.32 Å². The van der Waals surface area contributed by atoms with E-state index in [0.29, 0.717) is 12.0 Å². The van der Waals surface area contributed by atoms with Crippen molar-refractivity contribution in [1.82, 2.24) is 10.2 Å². The van der Waals surface area contributed by atoms with Crippen LogP contribution in [0.25, 0.3) is 0 Å². The van der Waals surface area contributed by atoms with Crippen molar-refractivity contribution >= 4 is 22.0 Å². The van der Waals surface area contributed by atoms with Crippen molar-refractivity contribution in [3.63, 3.8) is 0 Å². The fourth-order valence-electron chi connectivity index (χ4n) is 2.99. The maximum Gasteiger partial charge on any atom is 0.410 e. The van der Waals surface area contributed by atoms with Crippen LogP contribution in [0.5, 0.6) is 0 Å². The molecular formula is C18H27BrN2O2. The van der Waals surface area contributed by atoms with Crippen LogP contribution in [0.15, 0.2) is 28.7 Å². The highest BCUT2D eigenvalue weighted by molar-refractivity contribution is 9.10. The van der Waals surface area contributed by atoms with Crippen molar-refractivity contribution in [2.24, 2.45) is 5.92 Å². The highest BCUT2D eigenvalue weighted by atomic mass is 79.9. The summed E-state index contributed by atoms with van der Waals surface area (Å²) in [6.45, 7) is 7.25. The van der Waals surface area contributed by atoms with Crippen LogP contribution in [-0.2, 0) is 11.2 Å². The lowest BCUT2D eigenvalue weighted by Gasteiger charge is -2.26. The van der Waals surface area contributed by atoms with Crippen LogP contribution >= 0.6 is 15.9 Å². The molecule has 23 heavy (non-hydrogen) atoms. The van der Waals surface area contributed by atoms with Crippen molar-refractivity contribution in [1.29, 1.82) is 0 Å². The molecule has 1 amide bonds. The summed E-state index contributed by atoms with van der Waals surface area (Å²) >= 11 is 3.47. The lowest BCUT2D eigenvalue weighted by atomic mass is 9.93. The van der Waals surface area contributed by atoms with Crippen LogP contribution in [0.2, 0.25) is 0 Å². The molecule has 2 unspecified atom stereocenters. The van der Waals surface area contributed by atoms with Crippen molar-refractivity contribution in [3.8, 4) is 0 Å². The van der Waals surface area contributed by atoms with E-state index in [-0.39, 0.29) is 6.09 Å². The van der Waals surface area contributed by atoms with Gasteiger partial charge in [0.1, 0.15) is 5.60 Å². The number of hydrogen-bond acceptors (Lipinski definition) is 3. The molecule has 1 aliphatic rings. The van der Waals surface area contributed by atoms with Crippen LogP contribution in [0.1, 0.15) is 32.8 Å². The SMILES string of the molecule is CNC(Cc1ccc(Br)cc1)C1CCN(C(=O)OC(C)(C)C)C1. The van der Waals surface area contributed by atoms with Gasteiger partial charge in [-0.2, -0.15) is 0 Å². The van der Waals surface area contributed by atoms with E-state index in [1.807, 2.05) is 32.7 Å². The van der Waals surface area contributed by atoms with Gasteiger partial charge in [-0.3, -0.25) is 0 Å². The van der Waals surface area contributed by atoms with Gasteiger partial charge in [-0.05, 0) is 64.3 Å². The van der Waals surface area contributed by atoms with Gasteiger partial charge < -0.3 is 15.0 Å². The van der Waals surface area contributed by atoms with E-state index in [0.717, 1.165) is 30.4 Å². The molecule has 0 bridgehead atoms. The number of carbonyl (C=O) groups excluding carboxylic acids is 1. The number of amides is 1. The third kappa shape index (κ3) is 5.50. The highest BCUT2D eigenvalue weighted by Gasteiger charge is 2.33. The Morgan fingerprint density at radius 1 is 1.39 bits per heavy atom. The summed E-state index contributed by atoms with van der Waals surface area (Å²) in [4.78, 5) is 14.0. The number of likely N-dealkylation sites (tertiary alicyclic amines) is 1. The molecule has 1 heterocycles. The van der Waals surface area contributed by atoms with Crippen molar-refractivity contribution in [2.75, 3.05) is 20.1 Å². The lowest BCUT2D eigenvalue weighted by Crippen LogP contribution is -2.39. The minimum absolute atomic E-state index is 0.196. The lowest BCUT2D eigenvalue weighted by molar-refractivity contribution is 0.0285. The molecule has 0 radical (unpaired) electrons. The molecular weight excluding hydrogens is 356 g/mol. The summed E-state index contributed by atoms with van der Waals surface area (Å²) in [7, 11) is 2.00. The van der Waals surface area contributed by atoms with Crippen LogP contribution in [-0.4, -0.2) is 42.8 Å². The molecule has 2 atom stereocenters. The third-order valence-corrected chi connectivity index (χ3v) is 4.71. The van der Waals surface area contributed by atoms with Crippen molar-refractivity contribution in [3.05, 3.63) is 34.3 Å². The zero-order valence-corrected chi connectivity index (χ0v) is 16.0. The van der Waals surface area contributed by atoms with E-state index >= 15 is 0 Å². The first kappa shape index (κ1) is 18.3. The van der Waals surface area contributed by atoms with E-state index < -0.39 is 5.60 Å². The fraction of sp³-hybridized carbons (Fsp3) is 0.611. The number of ether oxygens (including phenoxy) is 1. The van der Waals surface area contributed by atoms with Crippen molar-refractivity contribution in [2.45, 2.75) is 45.3 Å². The maximum atomic E-state index is 12.2.